The number of nitrogens with zero attached hydrogens (tertiary/aromatic N) is 2. The van der Waals surface area contributed by atoms with Gasteiger partial charge in [-0.05, 0) is 36.4 Å². The van der Waals surface area contributed by atoms with Crippen LogP contribution in [0.4, 0.5) is 4.39 Å². The van der Waals surface area contributed by atoms with Crippen LogP contribution in [0.2, 0.25) is 5.02 Å². The molecule has 0 aliphatic carbocycles. The number of carbonyl (C=O) groups is 1. The fourth-order valence-corrected chi connectivity index (χ4v) is 3.25. The highest BCUT2D eigenvalue weighted by molar-refractivity contribution is 6.30. The normalized spacial score (nSPS) is 18.4. The lowest BCUT2D eigenvalue weighted by molar-refractivity contribution is 0.0884. The second kappa shape index (κ2) is 8.35. The summed E-state index contributed by atoms with van der Waals surface area (Å²) in [5.74, 6) is -1.23. The summed E-state index contributed by atoms with van der Waals surface area (Å²) in [4.78, 5) is 25.9. The maximum Gasteiger partial charge on any atom is 0.284 e. The van der Waals surface area contributed by atoms with Crippen LogP contribution in [0.1, 0.15) is 10.4 Å². The first kappa shape index (κ1) is 20.2. The predicted octanol–water partition coefficient (Wildman–Crippen LogP) is 2.18. The van der Waals surface area contributed by atoms with E-state index in [1.54, 1.807) is 24.3 Å². The zero-order valence-corrected chi connectivity index (χ0v) is 16.3. The van der Waals surface area contributed by atoms with E-state index in [9.17, 15) is 19.1 Å². The number of ether oxygens (including phenoxy) is 1. The second-order valence-electron chi connectivity index (χ2n) is 6.83. The lowest BCUT2D eigenvalue weighted by Gasteiger charge is -2.16. The van der Waals surface area contributed by atoms with Gasteiger partial charge in [0.25, 0.3) is 11.5 Å². The number of halogens is 2. The molecule has 4 rings (SSSR count). The molecule has 30 heavy (non-hydrogen) atoms. The van der Waals surface area contributed by atoms with Crippen LogP contribution in [0.3, 0.4) is 0 Å². The number of amides is 1. The van der Waals surface area contributed by atoms with Crippen LogP contribution in [-0.4, -0.2) is 46.2 Å². The van der Waals surface area contributed by atoms with E-state index < -0.39 is 29.4 Å². The van der Waals surface area contributed by atoms with Crippen molar-refractivity contribution in [1.82, 2.24) is 15.1 Å². The van der Waals surface area contributed by atoms with E-state index in [0.717, 1.165) is 10.7 Å². The van der Waals surface area contributed by atoms with Gasteiger partial charge in [0.1, 0.15) is 11.4 Å². The van der Waals surface area contributed by atoms with E-state index in [0.29, 0.717) is 16.3 Å². The molecule has 2 atom stereocenters. The van der Waals surface area contributed by atoms with Gasteiger partial charge in [-0.25, -0.2) is 4.39 Å². The van der Waals surface area contributed by atoms with Crippen LogP contribution >= 0.6 is 11.6 Å². The third-order valence-electron chi connectivity index (χ3n) is 4.72. The molecule has 2 heterocycles. The van der Waals surface area contributed by atoms with E-state index in [-0.39, 0.29) is 24.5 Å². The van der Waals surface area contributed by atoms with Crippen molar-refractivity contribution in [3.05, 3.63) is 81.4 Å². The second-order valence-corrected chi connectivity index (χ2v) is 7.27. The predicted molar refractivity (Wildman–Crippen MR) is 108 cm³/mol. The van der Waals surface area contributed by atoms with Crippen molar-refractivity contribution in [2.24, 2.45) is 0 Å². The summed E-state index contributed by atoms with van der Waals surface area (Å²) in [5, 5.41) is 17.3. The van der Waals surface area contributed by atoms with E-state index in [1.807, 2.05) is 0 Å². The number of benzene rings is 2. The molecular formula is C21H17ClFN3O4. The molecule has 2 aromatic carbocycles. The Bertz CT molecular complexity index is 1150. The molecule has 3 aromatic rings. The summed E-state index contributed by atoms with van der Waals surface area (Å²) in [7, 11) is 0. The lowest BCUT2D eigenvalue weighted by atomic mass is 10.1. The van der Waals surface area contributed by atoms with Crippen molar-refractivity contribution in [1.29, 1.82) is 0 Å². The summed E-state index contributed by atoms with van der Waals surface area (Å²) in [5.41, 5.74) is 0.198. The molecule has 9 heteroatoms. The minimum Gasteiger partial charge on any atom is -0.388 e. The largest absolute Gasteiger partial charge is 0.388 e. The molecule has 2 N–H and O–H groups in total. The smallest absolute Gasteiger partial charge is 0.284 e. The molecule has 0 bridgehead atoms. The zero-order valence-electron chi connectivity index (χ0n) is 15.6. The first-order chi connectivity index (χ1) is 14.4. The van der Waals surface area contributed by atoms with Crippen molar-refractivity contribution >= 4 is 17.5 Å². The molecule has 1 aliphatic heterocycles. The molecule has 1 saturated heterocycles. The Morgan fingerprint density at radius 1 is 1.20 bits per heavy atom. The fraction of sp³-hybridized carbons (Fsp3) is 0.190. The number of aromatic nitrogens is 2. The Morgan fingerprint density at radius 3 is 2.63 bits per heavy atom. The fourth-order valence-electron chi connectivity index (χ4n) is 3.13. The zero-order chi connectivity index (χ0) is 21.3. The summed E-state index contributed by atoms with van der Waals surface area (Å²) >= 11 is 5.94. The Balaban J connectivity index is 1.82. The van der Waals surface area contributed by atoms with E-state index in [4.69, 9.17) is 16.3 Å². The minimum atomic E-state index is -0.864. The first-order valence-electron chi connectivity index (χ1n) is 9.15. The summed E-state index contributed by atoms with van der Waals surface area (Å²) in [6, 6.07) is 12.8. The Labute approximate surface area is 175 Å². The molecule has 0 radical (unpaired) electrons. The molecule has 154 valence electrons. The number of aliphatic hydroxyl groups excluding tert-OH is 1. The van der Waals surface area contributed by atoms with Gasteiger partial charge in [0, 0.05) is 10.6 Å². The van der Waals surface area contributed by atoms with Crippen molar-refractivity contribution in [2.45, 2.75) is 12.1 Å². The van der Waals surface area contributed by atoms with Crippen LogP contribution in [0.15, 0.2) is 59.4 Å². The maximum atomic E-state index is 13.7. The lowest BCUT2D eigenvalue weighted by Crippen LogP contribution is -2.44. The number of hydrogen-bond donors (Lipinski definition) is 2. The van der Waals surface area contributed by atoms with Gasteiger partial charge >= 0.3 is 0 Å². The maximum absolute atomic E-state index is 13.7. The topological polar surface area (TPSA) is 93.4 Å². The number of rotatable bonds is 4. The highest BCUT2D eigenvalue weighted by atomic mass is 35.5. The Hall–Kier alpha value is -3.07. The third-order valence-corrected chi connectivity index (χ3v) is 4.97. The molecule has 1 aromatic heterocycles. The van der Waals surface area contributed by atoms with Gasteiger partial charge in [0.2, 0.25) is 0 Å². The molecule has 0 spiro atoms. The number of aliphatic hydroxyl groups is 1. The standard InChI is InChI=1S/C21H17ClFN3O4/c22-13-6-4-12(5-7-13)17-9-16(20(28)24-18-10-30-11-19(18)27)21(29)26(25-17)15-3-1-2-14(23)8-15/h1-9,18-19,27H,10-11H2,(H,24,28)/t18-,19+/m1/s1. The van der Waals surface area contributed by atoms with Gasteiger partial charge in [-0.15, -0.1) is 0 Å². The van der Waals surface area contributed by atoms with Gasteiger partial charge in [-0.1, -0.05) is 29.8 Å². The monoisotopic (exact) mass is 429 g/mol. The third kappa shape index (κ3) is 4.11. The Kier molecular flexibility index (Phi) is 5.63. The van der Waals surface area contributed by atoms with Gasteiger partial charge < -0.3 is 15.2 Å². The van der Waals surface area contributed by atoms with Crippen LogP contribution in [0, 0.1) is 5.82 Å². The van der Waals surface area contributed by atoms with Crippen LogP contribution < -0.4 is 10.9 Å². The van der Waals surface area contributed by atoms with Gasteiger partial charge in [-0.2, -0.15) is 9.78 Å². The highest BCUT2D eigenvalue weighted by Gasteiger charge is 2.29. The van der Waals surface area contributed by atoms with E-state index >= 15 is 0 Å². The van der Waals surface area contributed by atoms with Crippen LogP contribution in [-0.2, 0) is 4.74 Å². The molecule has 0 unspecified atom stereocenters. The summed E-state index contributed by atoms with van der Waals surface area (Å²) < 4.78 is 19.9. The first-order valence-corrected chi connectivity index (χ1v) is 9.53. The van der Waals surface area contributed by atoms with Crippen molar-refractivity contribution in [3.63, 3.8) is 0 Å². The van der Waals surface area contributed by atoms with Gasteiger partial charge in [0.15, 0.2) is 0 Å². The number of nitrogens with one attached hydrogen (secondary N) is 1. The molecule has 1 amide bonds. The molecular weight excluding hydrogens is 413 g/mol. The average Bonchev–Trinajstić information content (AvgIpc) is 3.13. The number of hydrogen-bond acceptors (Lipinski definition) is 5. The average molecular weight is 430 g/mol. The molecule has 7 nitrogen and oxygen atoms in total. The molecule has 1 aliphatic rings. The van der Waals surface area contributed by atoms with Crippen LogP contribution in [0.5, 0.6) is 0 Å². The molecule has 0 saturated carbocycles. The van der Waals surface area contributed by atoms with Crippen LogP contribution in [0.25, 0.3) is 16.9 Å². The quantitative estimate of drug-likeness (QED) is 0.663. The summed E-state index contributed by atoms with van der Waals surface area (Å²) in [6.07, 6.45) is -0.864. The number of carbonyl (C=O) groups excluding carboxylic acids is 1. The molecule has 1 fully saturated rings. The SMILES string of the molecule is O=C(N[C@@H]1COC[C@@H]1O)c1cc(-c2ccc(Cl)cc2)nn(-c2cccc(F)c2)c1=O. The van der Waals surface area contributed by atoms with E-state index in [1.165, 1.54) is 24.3 Å². The van der Waals surface area contributed by atoms with Crippen molar-refractivity contribution in [3.8, 4) is 16.9 Å². The summed E-state index contributed by atoms with van der Waals surface area (Å²) in [6.45, 7) is 0.241. The van der Waals surface area contributed by atoms with Crippen molar-refractivity contribution < 1.29 is 19.0 Å². The van der Waals surface area contributed by atoms with E-state index in [2.05, 4.69) is 10.4 Å². The van der Waals surface area contributed by atoms with Crippen molar-refractivity contribution in [2.75, 3.05) is 13.2 Å². The van der Waals surface area contributed by atoms with Gasteiger partial charge in [0.05, 0.1) is 36.7 Å². The highest BCUT2D eigenvalue weighted by Crippen LogP contribution is 2.21. The van der Waals surface area contributed by atoms with Gasteiger partial charge in [-0.3, -0.25) is 9.59 Å². The Morgan fingerprint density at radius 2 is 1.97 bits per heavy atom. The minimum absolute atomic E-state index is 0.102.